The van der Waals surface area contributed by atoms with Gasteiger partial charge in [-0.1, -0.05) is 6.92 Å². The molecule has 1 aromatic heterocycles. The highest BCUT2D eigenvalue weighted by Crippen LogP contribution is 2.12. The summed E-state index contributed by atoms with van der Waals surface area (Å²) in [6.07, 6.45) is 3.93. The van der Waals surface area contributed by atoms with Gasteiger partial charge < -0.3 is 5.32 Å². The van der Waals surface area contributed by atoms with Crippen LogP contribution in [0.15, 0.2) is 12.4 Å². The van der Waals surface area contributed by atoms with Crippen LogP contribution in [0.25, 0.3) is 0 Å². The Balaban J connectivity index is 2.10. The van der Waals surface area contributed by atoms with Gasteiger partial charge in [0.15, 0.2) is 0 Å². The fourth-order valence-electron chi connectivity index (χ4n) is 2.10. The quantitative estimate of drug-likeness (QED) is 0.729. The summed E-state index contributed by atoms with van der Waals surface area (Å²) in [5.41, 5.74) is 0.736. The van der Waals surface area contributed by atoms with Gasteiger partial charge in [-0.25, -0.2) is 4.98 Å². The molecule has 2 rings (SSSR count). The molecule has 1 aliphatic rings. The van der Waals surface area contributed by atoms with Crippen LogP contribution in [0, 0.1) is 0 Å². The molecule has 1 unspecified atom stereocenters. The molecule has 7 heteroatoms. The molecule has 1 atom stereocenters. The summed E-state index contributed by atoms with van der Waals surface area (Å²) >= 11 is 0. The molecule has 1 saturated heterocycles. The van der Waals surface area contributed by atoms with E-state index in [4.69, 9.17) is 0 Å². The van der Waals surface area contributed by atoms with E-state index in [-0.39, 0.29) is 24.4 Å². The van der Waals surface area contributed by atoms with Gasteiger partial charge in [0, 0.05) is 13.6 Å². The second kappa shape index (κ2) is 5.75. The summed E-state index contributed by atoms with van der Waals surface area (Å²) < 4.78 is 0. The van der Waals surface area contributed by atoms with Crippen LogP contribution in [0.4, 0.5) is 5.82 Å². The van der Waals surface area contributed by atoms with Crippen LogP contribution in [0.2, 0.25) is 0 Å². The highest BCUT2D eigenvalue weighted by atomic mass is 16.2. The zero-order valence-electron chi connectivity index (χ0n) is 11.0. The lowest BCUT2D eigenvalue weighted by Crippen LogP contribution is -2.57. The maximum Gasteiger partial charge on any atom is 0.243 e. The highest BCUT2D eigenvalue weighted by Gasteiger charge is 2.32. The number of carbonyl (C=O) groups is 2. The van der Waals surface area contributed by atoms with Crippen LogP contribution in [0.3, 0.4) is 0 Å². The number of anilines is 1. The van der Waals surface area contributed by atoms with Gasteiger partial charge in [-0.15, -0.1) is 0 Å². The Hall–Kier alpha value is -2.02. The van der Waals surface area contributed by atoms with E-state index in [1.54, 1.807) is 19.4 Å². The second-order valence-corrected chi connectivity index (χ2v) is 4.38. The molecule has 1 fully saturated rings. The second-order valence-electron chi connectivity index (χ2n) is 4.38. The van der Waals surface area contributed by atoms with Crippen molar-refractivity contribution < 1.29 is 9.59 Å². The van der Waals surface area contributed by atoms with Crippen molar-refractivity contribution >= 4 is 17.6 Å². The van der Waals surface area contributed by atoms with Gasteiger partial charge in [-0.3, -0.25) is 24.8 Å². The minimum absolute atomic E-state index is 0.208. The number of carbonyl (C=O) groups excluding carboxylic acids is 2. The molecule has 0 spiro atoms. The minimum atomic E-state index is -0.288. The van der Waals surface area contributed by atoms with Crippen molar-refractivity contribution in [3.05, 3.63) is 18.1 Å². The average Bonchev–Trinajstić information content (AvgIpc) is 2.39. The molecule has 19 heavy (non-hydrogen) atoms. The summed E-state index contributed by atoms with van der Waals surface area (Å²) in [6, 6.07) is -0.288. The third-order valence-electron chi connectivity index (χ3n) is 3.07. The first-order valence-electron chi connectivity index (χ1n) is 6.20. The van der Waals surface area contributed by atoms with Crippen LogP contribution in [-0.2, 0) is 16.1 Å². The standard InChI is InChI=1S/C12H17N5O2/c1-3-9-12(19)16-11(18)7-17(9)6-8-4-15-10(13-2)5-14-8/h4-5,9H,3,6-7H2,1-2H3,(H,13,15)(H,16,18,19). The first kappa shape index (κ1) is 13.4. The maximum atomic E-state index is 11.7. The number of nitrogens with one attached hydrogen (secondary N) is 2. The van der Waals surface area contributed by atoms with Crippen molar-refractivity contribution in [1.29, 1.82) is 0 Å². The molecule has 7 nitrogen and oxygen atoms in total. The van der Waals surface area contributed by atoms with Crippen molar-refractivity contribution in [3.8, 4) is 0 Å². The van der Waals surface area contributed by atoms with Crippen LogP contribution in [-0.4, -0.2) is 46.3 Å². The molecule has 0 aliphatic carbocycles. The predicted molar refractivity (Wildman–Crippen MR) is 69.2 cm³/mol. The SMILES string of the molecule is CCC1C(=O)NC(=O)CN1Cc1cnc(NC)cn1. The van der Waals surface area contributed by atoms with Crippen molar-refractivity contribution in [2.75, 3.05) is 18.9 Å². The van der Waals surface area contributed by atoms with Gasteiger partial charge in [0.2, 0.25) is 11.8 Å². The summed E-state index contributed by atoms with van der Waals surface area (Å²) in [5, 5.41) is 5.24. The van der Waals surface area contributed by atoms with Gasteiger partial charge in [0.05, 0.1) is 30.7 Å². The Morgan fingerprint density at radius 2 is 2.21 bits per heavy atom. The van der Waals surface area contributed by atoms with Crippen molar-refractivity contribution in [2.24, 2.45) is 0 Å². The fourth-order valence-corrected chi connectivity index (χ4v) is 2.10. The van der Waals surface area contributed by atoms with Gasteiger partial charge in [0.1, 0.15) is 5.82 Å². The third-order valence-corrected chi connectivity index (χ3v) is 3.07. The summed E-state index contributed by atoms with van der Waals surface area (Å²) in [7, 11) is 1.77. The van der Waals surface area contributed by atoms with E-state index in [1.807, 2.05) is 11.8 Å². The van der Waals surface area contributed by atoms with E-state index in [0.29, 0.717) is 18.8 Å². The van der Waals surface area contributed by atoms with E-state index in [1.165, 1.54) is 0 Å². The molecule has 0 radical (unpaired) electrons. The summed E-state index contributed by atoms with van der Waals surface area (Å²) in [6.45, 7) is 2.57. The van der Waals surface area contributed by atoms with Crippen LogP contribution in [0.1, 0.15) is 19.0 Å². The molecule has 0 bridgehead atoms. The van der Waals surface area contributed by atoms with Crippen LogP contribution in [0.5, 0.6) is 0 Å². The van der Waals surface area contributed by atoms with Gasteiger partial charge >= 0.3 is 0 Å². The van der Waals surface area contributed by atoms with E-state index in [0.717, 1.165) is 5.69 Å². The van der Waals surface area contributed by atoms with Crippen molar-refractivity contribution in [2.45, 2.75) is 25.9 Å². The zero-order chi connectivity index (χ0) is 13.8. The molecule has 1 aromatic rings. The third kappa shape index (κ3) is 3.05. The number of nitrogens with zero attached hydrogens (tertiary/aromatic N) is 3. The Bertz CT molecular complexity index is 474. The molecule has 1 aliphatic heterocycles. The van der Waals surface area contributed by atoms with Crippen LogP contribution >= 0.6 is 0 Å². The molecule has 2 N–H and O–H groups in total. The Morgan fingerprint density at radius 1 is 1.42 bits per heavy atom. The van der Waals surface area contributed by atoms with Gasteiger partial charge in [0.25, 0.3) is 0 Å². The Kier molecular flexibility index (Phi) is 4.06. The number of aromatic nitrogens is 2. The molecule has 2 heterocycles. The van der Waals surface area contributed by atoms with Crippen molar-refractivity contribution in [1.82, 2.24) is 20.2 Å². The number of piperazine rings is 1. The summed E-state index contributed by atoms with van der Waals surface area (Å²) in [4.78, 5) is 33.4. The predicted octanol–water partition coefficient (Wildman–Crippen LogP) is -0.245. The first-order valence-corrected chi connectivity index (χ1v) is 6.20. The van der Waals surface area contributed by atoms with Gasteiger partial charge in [-0.05, 0) is 6.42 Å². The van der Waals surface area contributed by atoms with E-state index in [2.05, 4.69) is 20.6 Å². The fraction of sp³-hybridized carbons (Fsp3) is 0.500. The largest absolute Gasteiger partial charge is 0.372 e. The molecule has 0 aromatic carbocycles. The molecule has 102 valence electrons. The number of hydrogen-bond acceptors (Lipinski definition) is 6. The average molecular weight is 263 g/mol. The number of rotatable bonds is 4. The topological polar surface area (TPSA) is 87.2 Å². The lowest BCUT2D eigenvalue weighted by Gasteiger charge is -2.32. The zero-order valence-corrected chi connectivity index (χ0v) is 11.0. The number of amides is 2. The maximum absolute atomic E-state index is 11.7. The lowest BCUT2D eigenvalue weighted by atomic mass is 10.1. The van der Waals surface area contributed by atoms with E-state index in [9.17, 15) is 9.59 Å². The summed E-state index contributed by atoms with van der Waals surface area (Å²) in [5.74, 6) is 0.177. The molecule has 2 amide bonds. The van der Waals surface area contributed by atoms with E-state index >= 15 is 0 Å². The molecular weight excluding hydrogens is 246 g/mol. The Morgan fingerprint density at radius 3 is 2.79 bits per heavy atom. The lowest BCUT2D eigenvalue weighted by molar-refractivity contribution is -0.140. The number of imide groups is 1. The van der Waals surface area contributed by atoms with Gasteiger partial charge in [-0.2, -0.15) is 0 Å². The smallest absolute Gasteiger partial charge is 0.243 e. The monoisotopic (exact) mass is 263 g/mol. The minimum Gasteiger partial charge on any atom is -0.372 e. The van der Waals surface area contributed by atoms with E-state index < -0.39 is 0 Å². The van der Waals surface area contributed by atoms with Crippen molar-refractivity contribution in [3.63, 3.8) is 0 Å². The van der Waals surface area contributed by atoms with Crippen LogP contribution < -0.4 is 10.6 Å². The first-order chi connectivity index (χ1) is 9.13. The molecular formula is C12H17N5O2. The highest BCUT2D eigenvalue weighted by molar-refractivity contribution is 6.01. The Labute approximate surface area is 111 Å². The number of hydrogen-bond donors (Lipinski definition) is 2. The normalized spacial score (nSPS) is 20.2. The molecule has 0 saturated carbocycles.